The summed E-state index contributed by atoms with van der Waals surface area (Å²) in [5, 5.41) is 11.5. The van der Waals surface area contributed by atoms with Crippen LogP contribution in [0.4, 0.5) is 0 Å². The molecule has 0 spiro atoms. The largest absolute Gasteiger partial charge is 0.507 e. The lowest BCUT2D eigenvalue weighted by Gasteiger charge is -2.26. The highest BCUT2D eigenvalue weighted by Gasteiger charge is 2.46. The van der Waals surface area contributed by atoms with Crippen molar-refractivity contribution < 1.29 is 33.6 Å². The molecule has 0 saturated carbocycles. The van der Waals surface area contributed by atoms with Crippen molar-refractivity contribution >= 4 is 17.4 Å². The van der Waals surface area contributed by atoms with Gasteiger partial charge in [-0.05, 0) is 49.2 Å². The van der Waals surface area contributed by atoms with Gasteiger partial charge in [-0.25, -0.2) is 4.98 Å². The van der Waals surface area contributed by atoms with Crippen LogP contribution in [0.1, 0.15) is 30.5 Å². The van der Waals surface area contributed by atoms with Gasteiger partial charge < -0.3 is 33.5 Å². The van der Waals surface area contributed by atoms with Crippen LogP contribution >= 0.6 is 0 Å². The molecule has 5 rings (SSSR count). The van der Waals surface area contributed by atoms with Crippen LogP contribution in [0.5, 0.6) is 23.0 Å². The molecule has 2 aliphatic heterocycles. The number of imidazole rings is 1. The summed E-state index contributed by atoms with van der Waals surface area (Å²) in [6.07, 6.45) is 7.42. The first-order valence-electron chi connectivity index (χ1n) is 13.2. The zero-order valence-corrected chi connectivity index (χ0v) is 22.2. The van der Waals surface area contributed by atoms with Crippen molar-refractivity contribution in [2.75, 3.05) is 33.0 Å². The van der Waals surface area contributed by atoms with Gasteiger partial charge in [-0.1, -0.05) is 18.7 Å². The SMILES string of the molecule is C=CCOc1ccc(C2C(=C(O)c3ccc4c(c3)OCCO4)C(=O)C(=O)N2CCCn2ccnc2)cc1OCC. The van der Waals surface area contributed by atoms with Gasteiger partial charge in [-0.3, -0.25) is 9.59 Å². The second-order valence-electron chi connectivity index (χ2n) is 9.24. The molecule has 1 unspecified atom stereocenters. The Labute approximate surface area is 232 Å². The van der Waals surface area contributed by atoms with E-state index in [1.165, 1.54) is 4.90 Å². The maximum Gasteiger partial charge on any atom is 0.295 e. The number of ether oxygens (including phenoxy) is 4. The second kappa shape index (κ2) is 12.0. The molecule has 1 amide bonds. The Bertz CT molecular complexity index is 1430. The molecule has 0 radical (unpaired) electrons. The summed E-state index contributed by atoms with van der Waals surface area (Å²) in [6.45, 7) is 7.91. The normalized spacial score (nSPS) is 17.6. The van der Waals surface area contributed by atoms with Gasteiger partial charge >= 0.3 is 0 Å². The Morgan fingerprint density at radius 2 is 1.93 bits per heavy atom. The Balaban J connectivity index is 1.56. The number of fused-ring (bicyclic) bond motifs is 1. The van der Waals surface area contributed by atoms with E-state index in [1.807, 2.05) is 17.7 Å². The monoisotopic (exact) mass is 545 g/mol. The van der Waals surface area contributed by atoms with Crippen LogP contribution in [0.25, 0.3) is 5.76 Å². The highest BCUT2D eigenvalue weighted by atomic mass is 16.6. The lowest BCUT2D eigenvalue weighted by molar-refractivity contribution is -0.139. The predicted molar refractivity (Wildman–Crippen MR) is 147 cm³/mol. The van der Waals surface area contributed by atoms with Crippen LogP contribution in [-0.4, -0.2) is 64.2 Å². The number of aryl methyl sites for hydroxylation is 1. The van der Waals surface area contributed by atoms with E-state index >= 15 is 0 Å². The number of carbonyl (C=O) groups excluding carboxylic acids is 2. The summed E-state index contributed by atoms with van der Waals surface area (Å²) in [5.74, 6) is 0.256. The molecule has 1 fully saturated rings. The highest BCUT2D eigenvalue weighted by Crippen LogP contribution is 2.43. The fourth-order valence-corrected chi connectivity index (χ4v) is 4.88. The molecule has 1 saturated heterocycles. The first-order chi connectivity index (χ1) is 19.5. The maximum absolute atomic E-state index is 13.5. The standard InChI is InChI=1S/C30H31N3O7/c1-3-14-38-22-8-6-20(17-24(22)37-4-2)27-26(28(34)21-7-9-23-25(18-21)40-16-15-39-23)29(35)30(36)33(27)12-5-11-32-13-10-31-19-32/h3,6-10,13,17-19,27,34H,1,4-5,11-12,14-16H2,2H3. The molecule has 10 heteroatoms. The van der Waals surface area contributed by atoms with Gasteiger partial charge in [0.2, 0.25) is 0 Å². The van der Waals surface area contributed by atoms with Crippen molar-refractivity contribution in [1.82, 2.24) is 14.5 Å². The van der Waals surface area contributed by atoms with E-state index in [0.29, 0.717) is 66.9 Å². The van der Waals surface area contributed by atoms with E-state index in [4.69, 9.17) is 18.9 Å². The third-order valence-electron chi connectivity index (χ3n) is 6.67. The fourth-order valence-electron chi connectivity index (χ4n) is 4.88. The minimum absolute atomic E-state index is 0.00785. The Morgan fingerprint density at radius 3 is 2.67 bits per heavy atom. The van der Waals surface area contributed by atoms with Crippen LogP contribution in [0.2, 0.25) is 0 Å². The molecule has 2 aliphatic rings. The smallest absolute Gasteiger partial charge is 0.295 e. The minimum atomic E-state index is -0.844. The Kier molecular flexibility index (Phi) is 8.04. The summed E-state index contributed by atoms with van der Waals surface area (Å²) in [7, 11) is 0. The predicted octanol–water partition coefficient (Wildman–Crippen LogP) is 4.13. The molecule has 208 valence electrons. The van der Waals surface area contributed by atoms with E-state index in [2.05, 4.69) is 11.6 Å². The van der Waals surface area contributed by atoms with Gasteiger partial charge in [0.05, 0.1) is 24.5 Å². The number of nitrogens with zero attached hydrogens (tertiary/aromatic N) is 3. The van der Waals surface area contributed by atoms with E-state index in [9.17, 15) is 14.7 Å². The van der Waals surface area contributed by atoms with E-state index in [0.717, 1.165) is 0 Å². The molecule has 3 aromatic rings. The number of aliphatic hydroxyl groups excluding tert-OH is 1. The van der Waals surface area contributed by atoms with Gasteiger partial charge in [-0.2, -0.15) is 0 Å². The Hall–Kier alpha value is -4.73. The third kappa shape index (κ3) is 5.38. The van der Waals surface area contributed by atoms with Gasteiger partial charge in [-0.15, -0.1) is 0 Å². The second-order valence-corrected chi connectivity index (χ2v) is 9.24. The topological polar surface area (TPSA) is 112 Å². The fraction of sp³-hybridized carbons (Fsp3) is 0.300. The lowest BCUT2D eigenvalue weighted by Crippen LogP contribution is -2.31. The molecule has 1 aromatic heterocycles. The van der Waals surface area contributed by atoms with Crippen molar-refractivity contribution in [2.45, 2.75) is 25.9 Å². The first-order valence-corrected chi connectivity index (χ1v) is 13.2. The number of hydrogen-bond acceptors (Lipinski definition) is 8. The minimum Gasteiger partial charge on any atom is -0.507 e. The summed E-state index contributed by atoms with van der Waals surface area (Å²) < 4.78 is 24.7. The number of aliphatic hydroxyl groups is 1. The average molecular weight is 546 g/mol. The van der Waals surface area contributed by atoms with Crippen molar-refractivity contribution in [3.63, 3.8) is 0 Å². The van der Waals surface area contributed by atoms with E-state index in [1.54, 1.807) is 55.0 Å². The van der Waals surface area contributed by atoms with E-state index < -0.39 is 17.7 Å². The Morgan fingerprint density at radius 1 is 1.10 bits per heavy atom. The number of amides is 1. The summed E-state index contributed by atoms with van der Waals surface area (Å²) in [5.41, 5.74) is 0.948. The van der Waals surface area contributed by atoms with Crippen molar-refractivity contribution in [3.05, 3.63) is 84.5 Å². The molecular formula is C30H31N3O7. The number of benzene rings is 2. The zero-order chi connectivity index (χ0) is 28.1. The molecule has 3 heterocycles. The third-order valence-corrected chi connectivity index (χ3v) is 6.67. The highest BCUT2D eigenvalue weighted by molar-refractivity contribution is 6.46. The quantitative estimate of drug-likeness (QED) is 0.166. The summed E-state index contributed by atoms with van der Waals surface area (Å²) in [4.78, 5) is 32.4. The summed E-state index contributed by atoms with van der Waals surface area (Å²) in [6, 6.07) is 9.35. The van der Waals surface area contributed by atoms with Gasteiger partial charge in [0, 0.05) is 31.0 Å². The number of rotatable bonds is 11. The number of Topliss-reactive ketones (excluding diaryl/α,β-unsaturated/α-hetero) is 1. The maximum atomic E-state index is 13.5. The van der Waals surface area contributed by atoms with Crippen LogP contribution in [-0.2, 0) is 16.1 Å². The van der Waals surface area contributed by atoms with Gasteiger partial charge in [0.25, 0.3) is 11.7 Å². The van der Waals surface area contributed by atoms with Gasteiger partial charge in [0.1, 0.15) is 25.6 Å². The van der Waals surface area contributed by atoms with Crippen LogP contribution in [0.15, 0.2) is 73.3 Å². The average Bonchev–Trinajstić information content (AvgIpc) is 3.58. The molecule has 40 heavy (non-hydrogen) atoms. The molecular weight excluding hydrogens is 514 g/mol. The molecule has 2 aromatic carbocycles. The lowest BCUT2D eigenvalue weighted by atomic mass is 9.94. The first kappa shape index (κ1) is 26.9. The van der Waals surface area contributed by atoms with Crippen LogP contribution in [0, 0.1) is 0 Å². The van der Waals surface area contributed by atoms with Crippen LogP contribution < -0.4 is 18.9 Å². The molecule has 1 N–H and O–H groups in total. The molecule has 0 bridgehead atoms. The number of carbonyl (C=O) groups is 2. The van der Waals surface area contributed by atoms with Crippen molar-refractivity contribution in [3.8, 4) is 23.0 Å². The number of hydrogen-bond donors (Lipinski definition) is 1. The van der Waals surface area contributed by atoms with Crippen molar-refractivity contribution in [2.24, 2.45) is 0 Å². The van der Waals surface area contributed by atoms with E-state index in [-0.39, 0.29) is 24.5 Å². The summed E-state index contributed by atoms with van der Waals surface area (Å²) >= 11 is 0. The number of ketones is 1. The molecule has 1 atom stereocenters. The zero-order valence-electron chi connectivity index (χ0n) is 22.2. The van der Waals surface area contributed by atoms with Crippen LogP contribution in [0.3, 0.4) is 0 Å². The van der Waals surface area contributed by atoms with Crippen molar-refractivity contribution in [1.29, 1.82) is 0 Å². The molecule has 0 aliphatic carbocycles. The number of likely N-dealkylation sites (tertiary alicyclic amines) is 1. The number of aromatic nitrogens is 2. The van der Waals surface area contributed by atoms with Gasteiger partial charge in [0.15, 0.2) is 23.0 Å². The molecule has 10 nitrogen and oxygen atoms in total.